The molecule has 1 aromatic rings. The van der Waals surface area contributed by atoms with E-state index in [1.807, 2.05) is 0 Å². The van der Waals surface area contributed by atoms with Crippen molar-refractivity contribution in [3.63, 3.8) is 0 Å². The van der Waals surface area contributed by atoms with Crippen LogP contribution in [0.5, 0.6) is 0 Å². The Morgan fingerprint density at radius 2 is 2.29 bits per heavy atom. The second-order valence-electron chi connectivity index (χ2n) is 4.02. The third-order valence-corrected chi connectivity index (χ3v) is 2.66. The Hall–Kier alpha value is -1.64. The zero-order valence-corrected chi connectivity index (χ0v) is 10.1. The van der Waals surface area contributed by atoms with Gasteiger partial charge in [-0.05, 0) is 12.8 Å². The molecule has 9 heteroatoms. The number of carbonyl (C=O) groups is 1. The van der Waals surface area contributed by atoms with Crippen molar-refractivity contribution in [3.8, 4) is 0 Å². The minimum Gasteiger partial charge on any atom is -0.352 e. The number of carbonyl (C=O) groups excluding carboxylic acids is 1. The lowest BCUT2D eigenvalue weighted by atomic mass is 10.5. The van der Waals surface area contributed by atoms with Crippen molar-refractivity contribution in [2.24, 2.45) is 0 Å². The van der Waals surface area contributed by atoms with Gasteiger partial charge < -0.3 is 5.32 Å². The van der Waals surface area contributed by atoms with Gasteiger partial charge in [-0.3, -0.25) is 9.52 Å². The summed E-state index contributed by atoms with van der Waals surface area (Å²) in [5.74, 6) is -0.0463. The molecule has 0 saturated heterocycles. The summed E-state index contributed by atoms with van der Waals surface area (Å²) in [5.41, 5.74) is 0. The monoisotopic (exact) mass is 259 g/mol. The van der Waals surface area contributed by atoms with Crippen molar-refractivity contribution in [2.75, 3.05) is 11.0 Å². The number of nitrogens with one attached hydrogen (secondary N) is 2. The number of sulfonamides is 1. The highest BCUT2D eigenvalue weighted by atomic mass is 32.2. The summed E-state index contributed by atoms with van der Waals surface area (Å²) in [5, 5.41) is 10.0. The fraction of sp³-hybridized carbons (Fsp3) is 0.625. The molecule has 0 radical (unpaired) electrons. The van der Waals surface area contributed by atoms with E-state index in [-0.39, 0.29) is 18.3 Å². The lowest BCUT2D eigenvalue weighted by Gasteiger charge is -2.01. The Kier molecular flexibility index (Phi) is 3.01. The van der Waals surface area contributed by atoms with Crippen molar-refractivity contribution in [1.82, 2.24) is 20.3 Å². The van der Waals surface area contributed by atoms with Crippen molar-refractivity contribution in [3.05, 3.63) is 6.20 Å². The van der Waals surface area contributed by atoms with Crippen molar-refractivity contribution in [2.45, 2.75) is 25.4 Å². The lowest BCUT2D eigenvalue weighted by Crippen LogP contribution is -2.29. The van der Waals surface area contributed by atoms with E-state index in [4.69, 9.17) is 0 Å². The first-order valence-corrected chi connectivity index (χ1v) is 6.99. The van der Waals surface area contributed by atoms with Gasteiger partial charge in [0.15, 0.2) is 5.82 Å². The van der Waals surface area contributed by atoms with E-state index in [9.17, 15) is 13.2 Å². The van der Waals surface area contributed by atoms with Crippen LogP contribution in [-0.4, -0.2) is 41.6 Å². The van der Waals surface area contributed by atoms with Gasteiger partial charge in [0.1, 0.15) is 6.54 Å². The van der Waals surface area contributed by atoms with Gasteiger partial charge in [-0.2, -0.15) is 0 Å². The molecule has 0 aromatic carbocycles. The molecular weight excluding hydrogens is 246 g/mol. The van der Waals surface area contributed by atoms with E-state index in [0.717, 1.165) is 19.1 Å². The predicted molar refractivity (Wildman–Crippen MR) is 59.7 cm³/mol. The van der Waals surface area contributed by atoms with Gasteiger partial charge in [0, 0.05) is 6.04 Å². The second kappa shape index (κ2) is 4.32. The number of hydrogen-bond acceptors (Lipinski definition) is 5. The molecule has 1 aromatic heterocycles. The van der Waals surface area contributed by atoms with Gasteiger partial charge in [-0.1, -0.05) is 5.21 Å². The van der Waals surface area contributed by atoms with Crippen LogP contribution in [0.4, 0.5) is 5.82 Å². The van der Waals surface area contributed by atoms with Gasteiger partial charge in [0.25, 0.3) is 0 Å². The van der Waals surface area contributed by atoms with Crippen LogP contribution in [0.2, 0.25) is 0 Å². The molecule has 1 fully saturated rings. The van der Waals surface area contributed by atoms with E-state index < -0.39 is 10.0 Å². The van der Waals surface area contributed by atoms with Gasteiger partial charge in [-0.25, -0.2) is 13.1 Å². The highest BCUT2D eigenvalue weighted by Crippen LogP contribution is 2.18. The fourth-order valence-electron chi connectivity index (χ4n) is 1.26. The number of nitrogens with zero attached hydrogens (tertiary/aromatic N) is 3. The Morgan fingerprint density at radius 3 is 2.88 bits per heavy atom. The standard InChI is InChI=1S/C8H13N5O3S/c1-17(15,16)11-7-4-13(12-10-7)5-8(14)9-6-2-3-6/h4,6,11H,2-3,5H2,1H3,(H,9,14). The van der Waals surface area contributed by atoms with Crippen LogP contribution in [0.15, 0.2) is 6.20 Å². The maximum atomic E-state index is 11.4. The molecule has 1 saturated carbocycles. The van der Waals surface area contributed by atoms with E-state index >= 15 is 0 Å². The smallest absolute Gasteiger partial charge is 0.242 e. The zero-order valence-electron chi connectivity index (χ0n) is 9.25. The summed E-state index contributed by atoms with van der Waals surface area (Å²) >= 11 is 0. The average Bonchev–Trinajstić information content (AvgIpc) is 2.86. The molecule has 0 spiro atoms. The van der Waals surface area contributed by atoms with Gasteiger partial charge >= 0.3 is 0 Å². The quantitative estimate of drug-likeness (QED) is 0.700. The van der Waals surface area contributed by atoms with Gasteiger partial charge in [-0.15, -0.1) is 5.10 Å². The van der Waals surface area contributed by atoms with E-state index in [1.165, 1.54) is 10.9 Å². The van der Waals surface area contributed by atoms with Crippen LogP contribution in [0.25, 0.3) is 0 Å². The third kappa shape index (κ3) is 4.02. The summed E-state index contributed by atoms with van der Waals surface area (Å²) in [4.78, 5) is 11.4. The number of rotatable bonds is 5. The molecule has 0 unspecified atom stereocenters. The molecule has 2 N–H and O–H groups in total. The Morgan fingerprint density at radius 1 is 1.59 bits per heavy atom. The van der Waals surface area contributed by atoms with Crippen LogP contribution in [0, 0.1) is 0 Å². The molecule has 0 atom stereocenters. The summed E-state index contributed by atoms with van der Waals surface area (Å²) in [6.45, 7) is 0.0366. The molecule has 1 heterocycles. The minimum atomic E-state index is -3.37. The summed E-state index contributed by atoms with van der Waals surface area (Å²) in [6, 6.07) is 0.291. The second-order valence-corrected chi connectivity index (χ2v) is 5.77. The van der Waals surface area contributed by atoms with Crippen LogP contribution >= 0.6 is 0 Å². The maximum Gasteiger partial charge on any atom is 0.242 e. The molecule has 17 heavy (non-hydrogen) atoms. The van der Waals surface area contributed by atoms with E-state index in [0.29, 0.717) is 6.04 Å². The minimum absolute atomic E-state index is 0.0366. The Bertz CT molecular complexity index is 519. The maximum absolute atomic E-state index is 11.4. The zero-order chi connectivity index (χ0) is 12.5. The van der Waals surface area contributed by atoms with Crippen molar-refractivity contribution in [1.29, 1.82) is 0 Å². The summed E-state index contributed by atoms with van der Waals surface area (Å²) < 4.78 is 25.3. The third-order valence-electron chi connectivity index (χ3n) is 2.08. The molecule has 0 aliphatic heterocycles. The number of aromatic nitrogens is 3. The Labute approximate surface area is 98.4 Å². The average molecular weight is 259 g/mol. The van der Waals surface area contributed by atoms with Crippen LogP contribution in [0.3, 0.4) is 0 Å². The largest absolute Gasteiger partial charge is 0.352 e. The molecular formula is C8H13N5O3S. The van der Waals surface area contributed by atoms with Crippen molar-refractivity contribution < 1.29 is 13.2 Å². The first kappa shape index (κ1) is 11.8. The first-order chi connectivity index (χ1) is 7.92. The number of amides is 1. The predicted octanol–water partition coefficient (Wildman–Crippen LogP) is -1.07. The molecule has 1 aliphatic rings. The normalized spacial score (nSPS) is 15.6. The molecule has 1 amide bonds. The highest BCUT2D eigenvalue weighted by Gasteiger charge is 2.23. The number of anilines is 1. The van der Waals surface area contributed by atoms with Crippen molar-refractivity contribution >= 4 is 21.7 Å². The van der Waals surface area contributed by atoms with Crippen LogP contribution in [-0.2, 0) is 21.4 Å². The number of hydrogen-bond donors (Lipinski definition) is 2. The lowest BCUT2D eigenvalue weighted by molar-refractivity contribution is -0.122. The topological polar surface area (TPSA) is 106 Å². The van der Waals surface area contributed by atoms with E-state index in [1.54, 1.807) is 0 Å². The van der Waals surface area contributed by atoms with Crippen LogP contribution in [0.1, 0.15) is 12.8 Å². The molecule has 1 aliphatic carbocycles. The molecule has 94 valence electrons. The highest BCUT2D eigenvalue weighted by molar-refractivity contribution is 7.92. The summed E-state index contributed by atoms with van der Waals surface area (Å²) in [6.07, 6.45) is 4.42. The molecule has 0 bridgehead atoms. The Balaban J connectivity index is 1.91. The van der Waals surface area contributed by atoms with E-state index in [2.05, 4.69) is 20.4 Å². The molecule has 2 rings (SSSR count). The van der Waals surface area contributed by atoms with Gasteiger partial charge in [0.2, 0.25) is 15.9 Å². The fourth-order valence-corrected chi connectivity index (χ4v) is 1.73. The molecule has 8 nitrogen and oxygen atoms in total. The SMILES string of the molecule is CS(=O)(=O)Nc1cn(CC(=O)NC2CC2)nn1. The van der Waals surface area contributed by atoms with Crippen LogP contribution < -0.4 is 10.0 Å². The van der Waals surface area contributed by atoms with Gasteiger partial charge in [0.05, 0.1) is 12.5 Å². The summed E-state index contributed by atoms with van der Waals surface area (Å²) in [7, 11) is -3.37. The first-order valence-electron chi connectivity index (χ1n) is 5.10.